The molecule has 5 atom stereocenters. The summed E-state index contributed by atoms with van der Waals surface area (Å²) in [4.78, 5) is 24.1. The van der Waals surface area contributed by atoms with Gasteiger partial charge in [-0.1, -0.05) is 13.0 Å². The summed E-state index contributed by atoms with van der Waals surface area (Å²) in [7, 11) is 3.16. The van der Waals surface area contributed by atoms with Crippen molar-refractivity contribution in [1.82, 2.24) is 0 Å². The van der Waals surface area contributed by atoms with E-state index in [1.165, 1.54) is 17.9 Å². The van der Waals surface area contributed by atoms with E-state index in [1.54, 1.807) is 7.11 Å². The smallest absolute Gasteiger partial charge is 0.264 e. The lowest BCUT2D eigenvalue weighted by atomic mass is 9.71. The molecule has 6 nitrogen and oxygen atoms in total. The standard InChI is InChI=1S/C20H24N2O4/c1-4-15-12-8-18-20(9-16(21-15)13(12)10-26-18)14-6-5-11(24-2)7-17(14)22(25-3)19(20)23/h5-7,12-13,16,18H,4,8-10H2,1-3H3/t12-,13+,16+,18-,20+/m1/s1. The highest BCUT2D eigenvalue weighted by molar-refractivity contribution is 6.08. The van der Waals surface area contributed by atoms with Gasteiger partial charge in [0, 0.05) is 23.6 Å². The summed E-state index contributed by atoms with van der Waals surface area (Å²) in [5, 5.41) is 1.41. The number of hydrogen-bond donors (Lipinski definition) is 0. The second kappa shape index (κ2) is 5.54. The Morgan fingerprint density at radius 3 is 2.96 bits per heavy atom. The zero-order chi connectivity index (χ0) is 18.1. The van der Waals surface area contributed by atoms with Gasteiger partial charge in [-0.15, -0.1) is 0 Å². The van der Waals surface area contributed by atoms with Crippen LogP contribution in [0, 0.1) is 11.8 Å². The Morgan fingerprint density at radius 2 is 2.23 bits per heavy atom. The van der Waals surface area contributed by atoms with Crippen LogP contribution in [-0.4, -0.2) is 44.6 Å². The molecule has 3 fully saturated rings. The third-order valence-corrected chi connectivity index (χ3v) is 6.82. The van der Waals surface area contributed by atoms with Gasteiger partial charge in [0.25, 0.3) is 5.91 Å². The van der Waals surface area contributed by atoms with E-state index in [2.05, 4.69) is 6.92 Å². The fourth-order valence-corrected chi connectivity index (χ4v) is 5.62. The van der Waals surface area contributed by atoms with Gasteiger partial charge in [0.1, 0.15) is 11.2 Å². The van der Waals surface area contributed by atoms with Gasteiger partial charge in [-0.05, 0) is 30.9 Å². The molecule has 4 bridgehead atoms. The number of hydrogen-bond acceptors (Lipinski definition) is 5. The van der Waals surface area contributed by atoms with E-state index >= 15 is 0 Å². The van der Waals surface area contributed by atoms with Gasteiger partial charge in [-0.3, -0.25) is 14.6 Å². The van der Waals surface area contributed by atoms with Crippen LogP contribution in [0.3, 0.4) is 0 Å². The molecular weight excluding hydrogens is 332 g/mol. The number of carbonyl (C=O) groups is 1. The van der Waals surface area contributed by atoms with E-state index in [4.69, 9.17) is 19.3 Å². The number of methoxy groups -OCH3 is 1. The Bertz CT molecular complexity index is 807. The summed E-state index contributed by atoms with van der Waals surface area (Å²) in [6, 6.07) is 5.95. The highest BCUT2D eigenvalue weighted by Gasteiger charge is 2.64. The van der Waals surface area contributed by atoms with Crippen molar-refractivity contribution in [2.75, 3.05) is 25.9 Å². The van der Waals surface area contributed by atoms with E-state index in [-0.39, 0.29) is 18.1 Å². The summed E-state index contributed by atoms with van der Waals surface area (Å²) >= 11 is 0. The topological polar surface area (TPSA) is 60.4 Å². The van der Waals surface area contributed by atoms with Gasteiger partial charge in [0.2, 0.25) is 0 Å². The van der Waals surface area contributed by atoms with Crippen LogP contribution in [0.1, 0.15) is 31.7 Å². The highest BCUT2D eigenvalue weighted by atomic mass is 16.7. The molecule has 0 N–H and O–H groups in total. The zero-order valence-electron chi connectivity index (χ0n) is 15.4. The molecule has 1 amide bonds. The molecule has 4 aliphatic heterocycles. The molecule has 6 heteroatoms. The molecule has 138 valence electrons. The van der Waals surface area contributed by atoms with Gasteiger partial charge in [0.05, 0.1) is 38.7 Å². The third kappa shape index (κ3) is 1.84. The molecular formula is C20H24N2O4. The number of amides is 1. The molecule has 1 spiro atoms. The van der Waals surface area contributed by atoms with E-state index in [9.17, 15) is 4.79 Å². The normalized spacial score (nSPS) is 37.1. The van der Waals surface area contributed by atoms with Gasteiger partial charge in [-0.2, -0.15) is 5.06 Å². The average Bonchev–Trinajstić information content (AvgIpc) is 3.01. The number of fused-ring (bicyclic) bond motifs is 2. The third-order valence-electron chi connectivity index (χ3n) is 6.82. The van der Waals surface area contributed by atoms with Crippen LogP contribution in [0.25, 0.3) is 0 Å². The van der Waals surface area contributed by atoms with Gasteiger partial charge >= 0.3 is 0 Å². The second-order valence-corrected chi connectivity index (χ2v) is 7.71. The number of rotatable bonds is 3. The molecule has 5 aliphatic rings. The van der Waals surface area contributed by atoms with Crippen LogP contribution in [0.2, 0.25) is 0 Å². The summed E-state index contributed by atoms with van der Waals surface area (Å²) in [5.41, 5.74) is 2.35. The maximum atomic E-state index is 13.6. The lowest BCUT2D eigenvalue weighted by Gasteiger charge is -2.38. The molecule has 26 heavy (non-hydrogen) atoms. The zero-order valence-corrected chi connectivity index (χ0v) is 15.4. The first kappa shape index (κ1) is 16.3. The Balaban J connectivity index is 1.68. The van der Waals surface area contributed by atoms with Crippen LogP contribution >= 0.6 is 0 Å². The van der Waals surface area contributed by atoms with Crippen molar-refractivity contribution in [3.8, 4) is 5.75 Å². The van der Waals surface area contributed by atoms with Gasteiger partial charge in [0.15, 0.2) is 0 Å². The van der Waals surface area contributed by atoms with Crippen molar-refractivity contribution in [1.29, 1.82) is 0 Å². The lowest BCUT2D eigenvalue weighted by molar-refractivity contribution is -0.137. The first-order valence-electron chi connectivity index (χ1n) is 9.39. The van der Waals surface area contributed by atoms with E-state index < -0.39 is 5.41 Å². The molecule has 0 aromatic heterocycles. The lowest BCUT2D eigenvalue weighted by Crippen LogP contribution is -2.51. The van der Waals surface area contributed by atoms with Crippen molar-refractivity contribution < 1.29 is 19.1 Å². The van der Waals surface area contributed by atoms with Crippen LogP contribution in [0.15, 0.2) is 23.2 Å². The monoisotopic (exact) mass is 356 g/mol. The summed E-state index contributed by atoms with van der Waals surface area (Å²) < 4.78 is 11.6. The van der Waals surface area contributed by atoms with E-state index in [0.29, 0.717) is 30.6 Å². The first-order chi connectivity index (χ1) is 12.6. The maximum absolute atomic E-state index is 13.6. The fraction of sp³-hybridized carbons (Fsp3) is 0.600. The Morgan fingerprint density at radius 1 is 1.38 bits per heavy atom. The van der Waals surface area contributed by atoms with Crippen molar-refractivity contribution in [2.45, 2.75) is 43.7 Å². The van der Waals surface area contributed by atoms with Crippen LogP contribution in [-0.2, 0) is 19.8 Å². The summed E-state index contributed by atoms with van der Waals surface area (Å²) in [5.74, 6) is 1.54. The molecule has 0 radical (unpaired) electrons. The second-order valence-electron chi connectivity index (χ2n) is 7.71. The van der Waals surface area contributed by atoms with Crippen LogP contribution < -0.4 is 9.80 Å². The molecule has 2 saturated heterocycles. The fourth-order valence-electron chi connectivity index (χ4n) is 5.62. The maximum Gasteiger partial charge on any atom is 0.264 e. The van der Waals surface area contributed by atoms with E-state index in [1.807, 2.05) is 18.2 Å². The molecule has 0 unspecified atom stereocenters. The Hall–Kier alpha value is -1.92. The minimum atomic E-state index is -0.714. The van der Waals surface area contributed by atoms with Crippen molar-refractivity contribution in [3.05, 3.63) is 23.8 Å². The number of carbonyl (C=O) groups excluding carboxylic acids is 1. The molecule has 1 aliphatic carbocycles. The number of benzene rings is 1. The summed E-state index contributed by atoms with van der Waals surface area (Å²) in [6.45, 7) is 2.87. The van der Waals surface area contributed by atoms with Gasteiger partial charge < -0.3 is 9.47 Å². The average molecular weight is 356 g/mol. The van der Waals surface area contributed by atoms with E-state index in [0.717, 1.165) is 24.1 Å². The molecule has 1 aromatic carbocycles. The Kier molecular flexibility index (Phi) is 3.46. The van der Waals surface area contributed by atoms with Crippen LogP contribution in [0.5, 0.6) is 5.75 Å². The highest BCUT2D eigenvalue weighted by Crippen LogP contribution is 2.57. The quantitative estimate of drug-likeness (QED) is 0.835. The van der Waals surface area contributed by atoms with Gasteiger partial charge in [-0.25, -0.2) is 0 Å². The minimum Gasteiger partial charge on any atom is -0.497 e. The number of hydroxylamine groups is 1. The SMILES string of the molecule is CCC1=N[C@H]2C[C@@]3(C(=O)N(OC)c4cc(OC)ccc43)[C@H]3C[C@@H]1[C@@H]2CO3. The predicted octanol–water partition coefficient (Wildman–Crippen LogP) is 2.50. The number of ether oxygens (including phenoxy) is 2. The first-order valence-corrected chi connectivity index (χ1v) is 9.39. The predicted molar refractivity (Wildman–Crippen MR) is 96.6 cm³/mol. The Labute approximate surface area is 153 Å². The number of aliphatic imine (C=N–C) groups is 1. The van der Waals surface area contributed by atoms with Crippen molar-refractivity contribution in [3.63, 3.8) is 0 Å². The number of anilines is 1. The number of nitrogens with zero attached hydrogens (tertiary/aromatic N) is 2. The van der Waals surface area contributed by atoms with Crippen molar-refractivity contribution >= 4 is 17.3 Å². The largest absolute Gasteiger partial charge is 0.497 e. The van der Waals surface area contributed by atoms with Crippen LogP contribution in [0.4, 0.5) is 5.69 Å². The summed E-state index contributed by atoms with van der Waals surface area (Å²) in [6.07, 6.45) is 2.41. The van der Waals surface area contributed by atoms with Crippen molar-refractivity contribution in [2.24, 2.45) is 16.8 Å². The molecule has 1 saturated carbocycles. The molecule has 1 aromatic rings. The minimum absolute atomic E-state index is 0.0327. The molecule has 4 heterocycles. The molecule has 6 rings (SSSR count).